The summed E-state index contributed by atoms with van der Waals surface area (Å²) < 4.78 is 7.67. The number of nitrogens with one attached hydrogen (secondary N) is 1. The van der Waals surface area contributed by atoms with Crippen LogP contribution in [0.5, 0.6) is 5.75 Å². The average molecular weight is 287 g/mol. The van der Waals surface area contributed by atoms with Gasteiger partial charge in [-0.1, -0.05) is 38.1 Å². The Hall–Kier alpha value is -1.81. The maximum atomic E-state index is 5.76. The lowest BCUT2D eigenvalue weighted by Crippen LogP contribution is -2.13. The molecule has 0 saturated carbocycles. The van der Waals surface area contributed by atoms with Crippen LogP contribution in [-0.4, -0.2) is 16.3 Å². The minimum absolute atomic E-state index is 0.584. The van der Waals surface area contributed by atoms with Gasteiger partial charge < -0.3 is 10.1 Å². The quantitative estimate of drug-likeness (QED) is 0.719. The fourth-order valence-electron chi connectivity index (χ4n) is 2.10. The van der Waals surface area contributed by atoms with E-state index in [1.54, 1.807) is 6.20 Å². The van der Waals surface area contributed by atoms with Gasteiger partial charge in [-0.2, -0.15) is 5.10 Å². The van der Waals surface area contributed by atoms with Crippen molar-refractivity contribution in [3.8, 4) is 5.75 Å². The molecule has 0 atom stereocenters. The highest BCUT2D eigenvalue weighted by Crippen LogP contribution is 2.12. The highest BCUT2D eigenvalue weighted by atomic mass is 16.5. The third-order valence-corrected chi connectivity index (χ3v) is 3.25. The van der Waals surface area contributed by atoms with Gasteiger partial charge in [0.1, 0.15) is 6.61 Å². The molecule has 0 fully saturated rings. The minimum Gasteiger partial charge on any atom is -0.486 e. The molecule has 2 rings (SSSR count). The van der Waals surface area contributed by atoms with Gasteiger partial charge in [0.25, 0.3) is 0 Å². The first-order chi connectivity index (χ1) is 10.3. The number of nitrogens with zero attached hydrogens (tertiary/aromatic N) is 2. The molecule has 1 N–H and O–H groups in total. The lowest BCUT2D eigenvalue weighted by molar-refractivity contribution is 0.305. The molecule has 0 bridgehead atoms. The lowest BCUT2D eigenvalue weighted by Gasteiger charge is -2.06. The molecule has 4 heteroatoms. The molecule has 0 aliphatic carbocycles. The molecule has 0 unspecified atom stereocenters. The molecule has 0 spiro atoms. The third kappa shape index (κ3) is 5.23. The van der Waals surface area contributed by atoms with E-state index in [1.165, 1.54) is 11.1 Å². The molecule has 0 saturated heterocycles. The van der Waals surface area contributed by atoms with E-state index in [-0.39, 0.29) is 0 Å². The Bertz CT molecular complexity index is 519. The number of aryl methyl sites for hydroxylation is 1. The molecule has 1 aromatic heterocycles. The van der Waals surface area contributed by atoms with Crippen LogP contribution in [0.4, 0.5) is 0 Å². The van der Waals surface area contributed by atoms with E-state index in [9.17, 15) is 0 Å². The lowest BCUT2D eigenvalue weighted by atomic mass is 10.1. The molecule has 4 nitrogen and oxygen atoms in total. The second kappa shape index (κ2) is 8.47. The van der Waals surface area contributed by atoms with Crippen LogP contribution >= 0.6 is 0 Å². The Kier molecular flexibility index (Phi) is 6.28. The monoisotopic (exact) mass is 287 g/mol. The number of ether oxygens (including phenoxy) is 1. The maximum Gasteiger partial charge on any atom is 0.157 e. The number of hydrogen-bond acceptors (Lipinski definition) is 3. The predicted molar refractivity (Wildman–Crippen MR) is 85.3 cm³/mol. The van der Waals surface area contributed by atoms with Gasteiger partial charge in [0.15, 0.2) is 5.75 Å². The summed E-state index contributed by atoms with van der Waals surface area (Å²) in [5, 5.41) is 7.66. The molecular formula is C17H25N3O. The summed E-state index contributed by atoms with van der Waals surface area (Å²) in [7, 11) is 0. The summed E-state index contributed by atoms with van der Waals surface area (Å²) in [6.07, 6.45) is 5.97. The molecule has 1 aromatic carbocycles. The van der Waals surface area contributed by atoms with E-state index in [0.29, 0.717) is 6.61 Å². The van der Waals surface area contributed by atoms with Crippen molar-refractivity contribution in [3.05, 3.63) is 47.8 Å². The second-order valence-corrected chi connectivity index (χ2v) is 5.22. The highest BCUT2D eigenvalue weighted by Gasteiger charge is 2.00. The van der Waals surface area contributed by atoms with E-state index < -0.39 is 0 Å². The summed E-state index contributed by atoms with van der Waals surface area (Å²) in [5.74, 6) is 0.831. The van der Waals surface area contributed by atoms with Crippen molar-refractivity contribution in [2.24, 2.45) is 0 Å². The van der Waals surface area contributed by atoms with Crippen LogP contribution in [0, 0.1) is 0 Å². The first-order valence-corrected chi connectivity index (χ1v) is 7.75. The van der Waals surface area contributed by atoms with Gasteiger partial charge in [-0.05, 0) is 30.5 Å². The number of aromatic nitrogens is 2. The molecule has 21 heavy (non-hydrogen) atoms. The van der Waals surface area contributed by atoms with E-state index >= 15 is 0 Å². The summed E-state index contributed by atoms with van der Waals surface area (Å²) in [4.78, 5) is 0. The number of hydrogen-bond donors (Lipinski definition) is 1. The standard InChI is InChI=1S/C17H25N3O/c1-3-9-18-11-15-5-7-16(8-6-15)14-21-17-12-19-20(13-17)10-4-2/h5-8,12-13,18H,3-4,9-11,14H2,1-2H3. The van der Waals surface area contributed by atoms with Gasteiger partial charge in [-0.25, -0.2) is 0 Å². The van der Waals surface area contributed by atoms with E-state index in [4.69, 9.17) is 4.74 Å². The zero-order valence-electron chi connectivity index (χ0n) is 13.0. The highest BCUT2D eigenvalue weighted by molar-refractivity contribution is 5.23. The Morgan fingerprint density at radius 1 is 1.10 bits per heavy atom. The van der Waals surface area contributed by atoms with Crippen LogP contribution < -0.4 is 10.1 Å². The average Bonchev–Trinajstić information content (AvgIpc) is 2.95. The van der Waals surface area contributed by atoms with Crippen LogP contribution in [0.2, 0.25) is 0 Å². The number of rotatable bonds is 9. The van der Waals surface area contributed by atoms with Crippen molar-refractivity contribution in [2.75, 3.05) is 6.54 Å². The summed E-state index contributed by atoms with van der Waals surface area (Å²) in [6.45, 7) is 7.82. The van der Waals surface area contributed by atoms with Gasteiger partial charge in [0, 0.05) is 13.1 Å². The van der Waals surface area contributed by atoms with Crippen LogP contribution in [0.1, 0.15) is 37.8 Å². The fraction of sp³-hybridized carbons (Fsp3) is 0.471. The van der Waals surface area contributed by atoms with Crippen LogP contribution in [0.15, 0.2) is 36.7 Å². The molecule has 1 heterocycles. The third-order valence-electron chi connectivity index (χ3n) is 3.25. The largest absolute Gasteiger partial charge is 0.486 e. The minimum atomic E-state index is 0.584. The maximum absolute atomic E-state index is 5.76. The van der Waals surface area contributed by atoms with Gasteiger partial charge >= 0.3 is 0 Å². The Morgan fingerprint density at radius 3 is 2.57 bits per heavy atom. The summed E-state index contributed by atoms with van der Waals surface area (Å²) >= 11 is 0. The predicted octanol–water partition coefficient (Wildman–Crippen LogP) is 3.37. The first kappa shape index (κ1) is 15.6. The van der Waals surface area contributed by atoms with E-state index in [1.807, 2.05) is 10.9 Å². The molecule has 0 aliphatic heterocycles. The van der Waals surface area contributed by atoms with E-state index in [2.05, 4.69) is 48.5 Å². The summed E-state index contributed by atoms with van der Waals surface area (Å²) in [5.41, 5.74) is 2.49. The van der Waals surface area contributed by atoms with Crippen LogP contribution in [0.25, 0.3) is 0 Å². The van der Waals surface area contributed by atoms with Gasteiger partial charge in [-0.15, -0.1) is 0 Å². The van der Waals surface area contributed by atoms with Crippen LogP contribution in [0.3, 0.4) is 0 Å². The normalized spacial score (nSPS) is 10.8. The Morgan fingerprint density at radius 2 is 1.86 bits per heavy atom. The van der Waals surface area contributed by atoms with E-state index in [0.717, 1.165) is 38.2 Å². The van der Waals surface area contributed by atoms with Gasteiger partial charge in [0.05, 0.1) is 12.4 Å². The van der Waals surface area contributed by atoms with Crippen molar-refractivity contribution in [3.63, 3.8) is 0 Å². The SMILES string of the molecule is CCCNCc1ccc(COc2cnn(CCC)c2)cc1. The molecule has 114 valence electrons. The van der Waals surface area contributed by atoms with Gasteiger partial charge in [0.2, 0.25) is 0 Å². The molecule has 0 radical (unpaired) electrons. The van der Waals surface area contributed by atoms with Crippen molar-refractivity contribution >= 4 is 0 Å². The number of benzene rings is 1. The first-order valence-electron chi connectivity index (χ1n) is 7.75. The molecule has 0 aliphatic rings. The Labute approximate surface area is 127 Å². The van der Waals surface area contributed by atoms with Crippen molar-refractivity contribution in [1.82, 2.24) is 15.1 Å². The van der Waals surface area contributed by atoms with Crippen LogP contribution in [-0.2, 0) is 19.7 Å². The zero-order valence-corrected chi connectivity index (χ0v) is 13.0. The fourth-order valence-corrected chi connectivity index (χ4v) is 2.10. The second-order valence-electron chi connectivity index (χ2n) is 5.22. The smallest absolute Gasteiger partial charge is 0.157 e. The zero-order chi connectivity index (χ0) is 14.9. The van der Waals surface area contributed by atoms with Crippen molar-refractivity contribution in [2.45, 2.75) is 46.4 Å². The van der Waals surface area contributed by atoms with Crippen molar-refractivity contribution < 1.29 is 4.74 Å². The Balaban J connectivity index is 1.79. The van der Waals surface area contributed by atoms with Gasteiger partial charge in [-0.3, -0.25) is 4.68 Å². The van der Waals surface area contributed by atoms with Crippen molar-refractivity contribution in [1.29, 1.82) is 0 Å². The topological polar surface area (TPSA) is 39.1 Å². The molecule has 2 aromatic rings. The molecular weight excluding hydrogens is 262 g/mol. The molecule has 0 amide bonds. The summed E-state index contributed by atoms with van der Waals surface area (Å²) in [6, 6.07) is 8.56.